The van der Waals surface area contributed by atoms with E-state index in [0.717, 1.165) is 5.56 Å². The first kappa shape index (κ1) is 15.1. The van der Waals surface area contributed by atoms with Crippen LogP contribution in [0.25, 0.3) is 11.3 Å². The number of halogens is 1. The van der Waals surface area contributed by atoms with Gasteiger partial charge in [0.25, 0.3) is 5.91 Å². The van der Waals surface area contributed by atoms with Gasteiger partial charge in [0.15, 0.2) is 5.76 Å². The second kappa shape index (κ2) is 6.12. The molecule has 1 amide bonds. The number of aliphatic hydroxyl groups is 1. The van der Waals surface area contributed by atoms with Crippen molar-refractivity contribution in [1.82, 2.24) is 4.90 Å². The van der Waals surface area contributed by atoms with Crippen LogP contribution in [0, 0.1) is 0 Å². The molecule has 5 nitrogen and oxygen atoms in total. The van der Waals surface area contributed by atoms with E-state index in [2.05, 4.69) is 0 Å². The molecule has 22 heavy (non-hydrogen) atoms. The lowest BCUT2D eigenvalue weighted by Gasteiger charge is -2.24. The number of benzene rings is 1. The summed E-state index contributed by atoms with van der Waals surface area (Å²) in [6, 6.07) is 10.2. The van der Waals surface area contributed by atoms with E-state index in [1.54, 1.807) is 25.2 Å². The second-order valence-corrected chi connectivity index (χ2v) is 5.64. The topological polar surface area (TPSA) is 62.9 Å². The summed E-state index contributed by atoms with van der Waals surface area (Å²) in [5.41, 5.74) is 0.732. The molecule has 1 aromatic carbocycles. The molecule has 1 saturated heterocycles. The Bertz CT molecular complexity index is 684. The third-order valence-corrected chi connectivity index (χ3v) is 4.12. The minimum absolute atomic E-state index is 0.205. The van der Waals surface area contributed by atoms with Crippen molar-refractivity contribution in [2.45, 2.75) is 12.1 Å². The third kappa shape index (κ3) is 2.75. The molecule has 6 heteroatoms. The zero-order valence-corrected chi connectivity index (χ0v) is 12.8. The van der Waals surface area contributed by atoms with Gasteiger partial charge in [0, 0.05) is 12.6 Å². The summed E-state index contributed by atoms with van der Waals surface area (Å²) in [6.45, 7) is 0.562. The maximum Gasteiger partial charge on any atom is 0.289 e. The average Bonchev–Trinajstić information content (AvgIpc) is 3.15. The van der Waals surface area contributed by atoms with Crippen molar-refractivity contribution in [3.63, 3.8) is 0 Å². The fourth-order valence-corrected chi connectivity index (χ4v) is 2.71. The second-order valence-electron chi connectivity index (χ2n) is 5.23. The van der Waals surface area contributed by atoms with Crippen LogP contribution < -0.4 is 0 Å². The van der Waals surface area contributed by atoms with E-state index < -0.39 is 6.10 Å². The normalized spacial score (nSPS) is 21.0. The number of ether oxygens (including phenoxy) is 1. The number of furan rings is 1. The van der Waals surface area contributed by atoms with Crippen LogP contribution >= 0.6 is 11.6 Å². The van der Waals surface area contributed by atoms with Gasteiger partial charge in [0.2, 0.25) is 0 Å². The highest BCUT2D eigenvalue weighted by atomic mass is 35.5. The molecule has 2 atom stereocenters. The SMILES string of the molecule is CN(C(=O)c1ccc(-c2ccccc2Cl)o1)[C@@H]1COC[C@H]1O. The van der Waals surface area contributed by atoms with Crippen LogP contribution in [0.5, 0.6) is 0 Å². The van der Waals surface area contributed by atoms with E-state index in [1.807, 2.05) is 18.2 Å². The predicted octanol–water partition coefficient (Wildman–Crippen LogP) is 2.43. The Morgan fingerprint density at radius 1 is 1.27 bits per heavy atom. The smallest absolute Gasteiger partial charge is 0.289 e. The maximum absolute atomic E-state index is 12.4. The summed E-state index contributed by atoms with van der Waals surface area (Å²) in [6.07, 6.45) is -0.674. The highest BCUT2D eigenvalue weighted by Gasteiger charge is 2.33. The van der Waals surface area contributed by atoms with Crippen molar-refractivity contribution >= 4 is 17.5 Å². The van der Waals surface area contributed by atoms with Crippen LogP contribution in [-0.2, 0) is 4.74 Å². The van der Waals surface area contributed by atoms with Crippen LogP contribution in [-0.4, -0.2) is 48.3 Å². The molecule has 1 aliphatic rings. The molecule has 3 rings (SSSR count). The summed E-state index contributed by atoms with van der Waals surface area (Å²) in [5.74, 6) is 0.440. The molecule has 1 aromatic heterocycles. The number of hydrogen-bond acceptors (Lipinski definition) is 4. The zero-order valence-electron chi connectivity index (χ0n) is 12.0. The van der Waals surface area contributed by atoms with Crippen molar-refractivity contribution in [2.24, 2.45) is 0 Å². The summed E-state index contributed by atoms with van der Waals surface area (Å²) in [7, 11) is 1.63. The zero-order chi connectivity index (χ0) is 15.7. The van der Waals surface area contributed by atoms with E-state index in [9.17, 15) is 9.90 Å². The van der Waals surface area contributed by atoms with Gasteiger partial charge in [0.05, 0.1) is 30.4 Å². The van der Waals surface area contributed by atoms with Gasteiger partial charge in [-0.05, 0) is 24.3 Å². The Labute approximate surface area is 133 Å². The van der Waals surface area contributed by atoms with Crippen molar-refractivity contribution in [3.8, 4) is 11.3 Å². The number of likely N-dealkylation sites (N-methyl/N-ethyl adjacent to an activating group) is 1. The molecule has 0 unspecified atom stereocenters. The Hall–Kier alpha value is -1.82. The van der Waals surface area contributed by atoms with Crippen molar-refractivity contribution in [3.05, 3.63) is 47.2 Å². The van der Waals surface area contributed by atoms with Gasteiger partial charge in [-0.15, -0.1) is 0 Å². The van der Waals surface area contributed by atoms with E-state index in [1.165, 1.54) is 4.90 Å². The molecule has 2 aromatic rings. The number of hydrogen-bond donors (Lipinski definition) is 1. The van der Waals surface area contributed by atoms with Crippen LogP contribution in [0.15, 0.2) is 40.8 Å². The molecule has 0 spiro atoms. The van der Waals surface area contributed by atoms with Gasteiger partial charge in [-0.2, -0.15) is 0 Å². The van der Waals surface area contributed by atoms with E-state index in [0.29, 0.717) is 17.4 Å². The standard InChI is InChI=1S/C16H16ClNO4/c1-18(12-8-21-9-13(12)19)16(20)15-7-6-14(22-15)10-4-2-3-5-11(10)17/h2-7,12-13,19H,8-9H2,1H3/t12-,13-/m1/s1. The molecule has 0 radical (unpaired) electrons. The molecule has 0 bridgehead atoms. The van der Waals surface area contributed by atoms with Crippen molar-refractivity contribution < 1.29 is 19.1 Å². The molecule has 2 heterocycles. The fourth-order valence-electron chi connectivity index (χ4n) is 2.48. The summed E-state index contributed by atoms with van der Waals surface area (Å²) in [5, 5.41) is 10.4. The largest absolute Gasteiger partial charge is 0.451 e. The molecular weight excluding hydrogens is 306 g/mol. The monoisotopic (exact) mass is 321 g/mol. The fraction of sp³-hybridized carbons (Fsp3) is 0.312. The molecule has 1 aliphatic heterocycles. The first-order valence-electron chi connectivity index (χ1n) is 6.95. The minimum atomic E-state index is -0.674. The Kier molecular flexibility index (Phi) is 4.20. The van der Waals surface area contributed by atoms with Gasteiger partial charge in [-0.3, -0.25) is 4.79 Å². The van der Waals surface area contributed by atoms with Gasteiger partial charge in [0.1, 0.15) is 5.76 Å². The Balaban J connectivity index is 1.81. The average molecular weight is 322 g/mol. The number of aliphatic hydroxyl groups excluding tert-OH is 1. The Morgan fingerprint density at radius 3 is 2.73 bits per heavy atom. The van der Waals surface area contributed by atoms with Gasteiger partial charge >= 0.3 is 0 Å². The number of carbonyl (C=O) groups is 1. The number of nitrogens with zero attached hydrogens (tertiary/aromatic N) is 1. The number of rotatable bonds is 3. The summed E-state index contributed by atoms with van der Waals surface area (Å²) >= 11 is 6.13. The lowest BCUT2D eigenvalue weighted by molar-refractivity contribution is 0.0553. The van der Waals surface area contributed by atoms with Crippen LogP contribution in [0.4, 0.5) is 0 Å². The van der Waals surface area contributed by atoms with Gasteiger partial charge in [-0.1, -0.05) is 23.7 Å². The van der Waals surface area contributed by atoms with Crippen LogP contribution in [0.3, 0.4) is 0 Å². The molecule has 116 valence electrons. The quantitative estimate of drug-likeness (QED) is 0.943. The Morgan fingerprint density at radius 2 is 2.05 bits per heavy atom. The van der Waals surface area contributed by atoms with Gasteiger partial charge in [-0.25, -0.2) is 0 Å². The molecule has 1 fully saturated rings. The molecule has 1 N–H and O–H groups in total. The maximum atomic E-state index is 12.4. The predicted molar refractivity (Wildman–Crippen MR) is 81.9 cm³/mol. The first-order chi connectivity index (χ1) is 10.6. The van der Waals surface area contributed by atoms with Gasteiger partial charge < -0.3 is 19.2 Å². The van der Waals surface area contributed by atoms with E-state index in [-0.39, 0.29) is 24.3 Å². The van der Waals surface area contributed by atoms with Crippen molar-refractivity contribution in [2.75, 3.05) is 20.3 Å². The lowest BCUT2D eigenvalue weighted by atomic mass is 10.2. The molecule has 0 saturated carbocycles. The minimum Gasteiger partial charge on any atom is -0.451 e. The van der Waals surface area contributed by atoms with Crippen LogP contribution in [0.1, 0.15) is 10.6 Å². The summed E-state index contributed by atoms with van der Waals surface area (Å²) in [4.78, 5) is 13.9. The lowest BCUT2D eigenvalue weighted by Crippen LogP contribution is -2.43. The number of carbonyl (C=O) groups excluding carboxylic acids is 1. The third-order valence-electron chi connectivity index (χ3n) is 3.80. The number of amides is 1. The highest BCUT2D eigenvalue weighted by Crippen LogP contribution is 2.29. The van der Waals surface area contributed by atoms with Crippen molar-refractivity contribution in [1.29, 1.82) is 0 Å². The van der Waals surface area contributed by atoms with Crippen LogP contribution in [0.2, 0.25) is 5.02 Å². The molecular formula is C16H16ClNO4. The van der Waals surface area contributed by atoms with E-state index >= 15 is 0 Å². The summed E-state index contributed by atoms with van der Waals surface area (Å²) < 4.78 is 10.8. The van der Waals surface area contributed by atoms with E-state index in [4.69, 9.17) is 20.8 Å². The molecule has 0 aliphatic carbocycles. The first-order valence-corrected chi connectivity index (χ1v) is 7.33. The highest BCUT2D eigenvalue weighted by molar-refractivity contribution is 6.33.